The summed E-state index contributed by atoms with van der Waals surface area (Å²) in [6, 6.07) is 14.9. The Labute approximate surface area is 131 Å². The molecule has 0 atom stereocenters. The normalized spacial score (nSPS) is 10.8. The highest BCUT2D eigenvalue weighted by Crippen LogP contribution is 2.32. The smallest absolute Gasteiger partial charge is 0.110 e. The van der Waals surface area contributed by atoms with E-state index >= 15 is 0 Å². The van der Waals surface area contributed by atoms with Crippen molar-refractivity contribution >= 4 is 39.8 Å². The zero-order chi connectivity index (χ0) is 14.8. The Morgan fingerprint density at radius 3 is 2.43 bits per heavy atom. The van der Waals surface area contributed by atoms with Crippen molar-refractivity contribution in [1.82, 2.24) is 4.98 Å². The molecular formula is C16H10Cl2N2O. The fourth-order valence-corrected chi connectivity index (χ4v) is 2.81. The van der Waals surface area contributed by atoms with Crippen molar-refractivity contribution in [3.05, 3.63) is 74.7 Å². The first kappa shape index (κ1) is 14.0. The largest absolute Gasteiger partial charge is 0.252 e. The van der Waals surface area contributed by atoms with Crippen LogP contribution >= 0.6 is 23.2 Å². The summed E-state index contributed by atoms with van der Waals surface area (Å²) in [5.74, 6) is 0. The number of nitroso groups, excluding NO2 is 1. The van der Waals surface area contributed by atoms with E-state index < -0.39 is 0 Å². The number of hydrogen-bond acceptors (Lipinski definition) is 3. The van der Waals surface area contributed by atoms with Crippen molar-refractivity contribution < 1.29 is 0 Å². The number of benzene rings is 2. The highest BCUT2D eigenvalue weighted by Gasteiger charge is 2.10. The van der Waals surface area contributed by atoms with Crippen molar-refractivity contribution in [2.75, 3.05) is 0 Å². The van der Waals surface area contributed by atoms with Gasteiger partial charge in [0, 0.05) is 27.5 Å². The zero-order valence-corrected chi connectivity index (χ0v) is 12.4. The van der Waals surface area contributed by atoms with Crippen LogP contribution in [-0.4, -0.2) is 4.98 Å². The lowest BCUT2D eigenvalue weighted by atomic mass is 10.1. The molecule has 104 valence electrons. The average molecular weight is 317 g/mol. The maximum atomic E-state index is 10.5. The lowest BCUT2D eigenvalue weighted by Crippen LogP contribution is -1.95. The minimum Gasteiger partial charge on any atom is -0.252 e. The summed E-state index contributed by atoms with van der Waals surface area (Å²) >= 11 is 12.3. The van der Waals surface area contributed by atoms with Crippen LogP contribution in [0, 0.1) is 4.91 Å². The van der Waals surface area contributed by atoms with Gasteiger partial charge in [-0.05, 0) is 35.0 Å². The van der Waals surface area contributed by atoms with Gasteiger partial charge in [0.2, 0.25) is 0 Å². The topological polar surface area (TPSA) is 42.3 Å². The molecular weight excluding hydrogens is 307 g/mol. The lowest BCUT2D eigenvalue weighted by molar-refractivity contribution is 1.10. The molecule has 5 heteroatoms. The van der Waals surface area contributed by atoms with E-state index in [9.17, 15) is 4.91 Å². The number of nitrogens with zero attached hydrogens (tertiary/aromatic N) is 2. The molecule has 21 heavy (non-hydrogen) atoms. The molecule has 3 nitrogen and oxygen atoms in total. The van der Waals surface area contributed by atoms with Gasteiger partial charge in [0.25, 0.3) is 0 Å². The van der Waals surface area contributed by atoms with Gasteiger partial charge in [-0.3, -0.25) is 4.98 Å². The lowest BCUT2D eigenvalue weighted by Gasteiger charge is -2.08. The fraction of sp³-hybridized carbons (Fsp3) is 0.0625. The van der Waals surface area contributed by atoms with Crippen LogP contribution in [-0.2, 0) is 6.42 Å². The van der Waals surface area contributed by atoms with E-state index in [2.05, 4.69) is 10.2 Å². The van der Waals surface area contributed by atoms with Gasteiger partial charge >= 0.3 is 0 Å². The van der Waals surface area contributed by atoms with Crippen LogP contribution in [0.4, 0.5) is 5.69 Å². The maximum Gasteiger partial charge on any atom is 0.110 e. The molecule has 0 amide bonds. The van der Waals surface area contributed by atoms with E-state index in [0.29, 0.717) is 16.5 Å². The highest BCUT2D eigenvalue weighted by atomic mass is 35.5. The van der Waals surface area contributed by atoms with Gasteiger partial charge in [-0.1, -0.05) is 47.5 Å². The van der Waals surface area contributed by atoms with Crippen molar-refractivity contribution in [3.8, 4) is 0 Å². The molecule has 0 radical (unpaired) electrons. The Hall–Kier alpha value is -1.97. The Morgan fingerprint density at radius 2 is 1.71 bits per heavy atom. The van der Waals surface area contributed by atoms with Gasteiger partial charge in [0.1, 0.15) is 5.69 Å². The second kappa shape index (κ2) is 5.80. The summed E-state index contributed by atoms with van der Waals surface area (Å²) in [6.45, 7) is 0. The Bertz CT molecular complexity index is 810. The van der Waals surface area contributed by atoms with E-state index in [1.54, 1.807) is 0 Å². The van der Waals surface area contributed by atoms with Crippen LogP contribution in [0.2, 0.25) is 10.0 Å². The molecule has 1 heterocycles. The average Bonchev–Trinajstić information content (AvgIpc) is 2.50. The first-order valence-electron chi connectivity index (χ1n) is 6.33. The van der Waals surface area contributed by atoms with Gasteiger partial charge in [-0.25, -0.2) is 0 Å². The number of fused-ring (bicyclic) bond motifs is 1. The molecule has 0 saturated carbocycles. The fourth-order valence-electron chi connectivity index (χ4n) is 2.20. The molecule has 0 aliphatic rings. The first-order valence-corrected chi connectivity index (χ1v) is 7.09. The van der Waals surface area contributed by atoms with Gasteiger partial charge in [-0.15, -0.1) is 4.91 Å². The van der Waals surface area contributed by atoms with Crippen LogP contribution in [0.15, 0.2) is 53.7 Å². The quantitative estimate of drug-likeness (QED) is 0.596. The summed E-state index contributed by atoms with van der Waals surface area (Å²) in [6.07, 6.45) is 0.502. The molecule has 0 fully saturated rings. The van der Waals surface area contributed by atoms with Crippen molar-refractivity contribution in [2.24, 2.45) is 5.18 Å². The van der Waals surface area contributed by atoms with Gasteiger partial charge in [0.15, 0.2) is 0 Å². The summed E-state index contributed by atoms with van der Waals surface area (Å²) in [7, 11) is 0. The number of rotatable bonds is 3. The third-order valence-corrected chi connectivity index (χ3v) is 3.92. The molecule has 0 bridgehead atoms. The van der Waals surface area contributed by atoms with Gasteiger partial charge in [-0.2, -0.15) is 0 Å². The summed E-state index contributed by atoms with van der Waals surface area (Å²) in [4.78, 5) is 15.1. The van der Waals surface area contributed by atoms with Crippen LogP contribution in [0.1, 0.15) is 11.3 Å². The van der Waals surface area contributed by atoms with E-state index in [1.165, 1.54) is 12.1 Å². The van der Waals surface area contributed by atoms with Crippen LogP contribution < -0.4 is 0 Å². The second-order valence-corrected chi connectivity index (χ2v) is 5.47. The summed E-state index contributed by atoms with van der Waals surface area (Å²) in [5, 5.41) is 4.78. The molecule has 3 aromatic rings. The Kier molecular flexibility index (Phi) is 3.86. The van der Waals surface area contributed by atoms with Gasteiger partial charge in [0.05, 0.1) is 5.52 Å². The van der Waals surface area contributed by atoms with Crippen LogP contribution in [0.5, 0.6) is 0 Å². The van der Waals surface area contributed by atoms with E-state index in [0.717, 1.165) is 22.2 Å². The number of halogens is 2. The standard InChI is InChI=1S/C16H10Cl2N2O/c17-14-8-12(20-21)9-15(18)13(14)7-11-6-5-10-3-1-2-4-16(10)19-11/h1-6,8-9H,7H2. The van der Waals surface area contributed by atoms with Crippen LogP contribution in [0.3, 0.4) is 0 Å². The SMILES string of the molecule is O=Nc1cc(Cl)c(Cc2ccc3ccccc3n2)c(Cl)c1. The third kappa shape index (κ3) is 2.89. The minimum atomic E-state index is 0.222. The first-order chi connectivity index (χ1) is 10.2. The van der Waals surface area contributed by atoms with Crippen LogP contribution in [0.25, 0.3) is 10.9 Å². The Balaban J connectivity index is 2.00. The molecule has 0 saturated heterocycles. The minimum absolute atomic E-state index is 0.222. The third-order valence-electron chi connectivity index (χ3n) is 3.25. The molecule has 1 aromatic heterocycles. The number of para-hydroxylation sites is 1. The van der Waals surface area contributed by atoms with E-state index in [-0.39, 0.29) is 5.69 Å². The number of aromatic nitrogens is 1. The molecule has 0 aliphatic carbocycles. The summed E-state index contributed by atoms with van der Waals surface area (Å²) < 4.78 is 0. The highest BCUT2D eigenvalue weighted by molar-refractivity contribution is 6.36. The van der Waals surface area contributed by atoms with Crippen molar-refractivity contribution in [2.45, 2.75) is 6.42 Å². The van der Waals surface area contributed by atoms with E-state index in [1.807, 2.05) is 36.4 Å². The molecule has 0 N–H and O–H groups in total. The Morgan fingerprint density at radius 1 is 1.00 bits per heavy atom. The van der Waals surface area contributed by atoms with Gasteiger partial charge < -0.3 is 0 Å². The molecule has 2 aromatic carbocycles. The molecule has 0 unspecified atom stereocenters. The molecule has 3 rings (SSSR count). The van der Waals surface area contributed by atoms with E-state index in [4.69, 9.17) is 23.2 Å². The molecule has 0 spiro atoms. The second-order valence-electron chi connectivity index (χ2n) is 4.65. The monoisotopic (exact) mass is 316 g/mol. The zero-order valence-electron chi connectivity index (χ0n) is 10.9. The van der Waals surface area contributed by atoms with Crippen molar-refractivity contribution in [1.29, 1.82) is 0 Å². The maximum absolute atomic E-state index is 10.5. The summed E-state index contributed by atoms with van der Waals surface area (Å²) in [5.41, 5.74) is 2.76. The predicted molar refractivity (Wildman–Crippen MR) is 86.5 cm³/mol. The predicted octanol–water partition coefficient (Wildman–Crippen LogP) is 5.53. The number of hydrogen-bond donors (Lipinski definition) is 0. The molecule has 0 aliphatic heterocycles. The van der Waals surface area contributed by atoms with Crippen molar-refractivity contribution in [3.63, 3.8) is 0 Å². The number of pyridine rings is 1.